The van der Waals surface area contributed by atoms with Gasteiger partial charge in [0.15, 0.2) is 0 Å². The standard InChI is InChI=1S/C66H58N2/c1-43-25-29-53(65(3,4)5)41-63(43)67(55-23-15-21-47(33-55)45-17-11-9-12-18-45)57-31-27-49-37-59-61(39-51(49)35-57)60-38-50-28-32-58(36-52(50)40-62(59)60)68(64-42-54(66(6,7)8)30-26-44(64)2)56-24-16-22-48(34-56)46-19-13-10-14-20-46/h9-42H,1-8H3. The number of anilines is 6. The molecule has 0 heterocycles. The summed E-state index contributed by atoms with van der Waals surface area (Å²) in [4.78, 5) is 4.91. The van der Waals surface area contributed by atoms with Crippen molar-refractivity contribution in [2.75, 3.05) is 9.80 Å². The van der Waals surface area contributed by atoms with Gasteiger partial charge in [0.1, 0.15) is 0 Å². The molecule has 0 atom stereocenters. The molecule has 2 nitrogen and oxygen atoms in total. The van der Waals surface area contributed by atoms with Crippen LogP contribution in [0, 0.1) is 13.8 Å². The topological polar surface area (TPSA) is 6.48 Å². The molecule has 0 radical (unpaired) electrons. The quantitative estimate of drug-likeness (QED) is 0.150. The van der Waals surface area contributed by atoms with Crippen LogP contribution < -0.4 is 9.80 Å². The average molecular weight is 879 g/mol. The van der Waals surface area contributed by atoms with Crippen molar-refractivity contribution in [3.63, 3.8) is 0 Å². The lowest BCUT2D eigenvalue weighted by atomic mass is 9.78. The highest BCUT2D eigenvalue weighted by atomic mass is 15.1. The summed E-state index contributed by atoms with van der Waals surface area (Å²) in [6, 6.07) is 76.9. The second-order valence-corrected chi connectivity index (χ2v) is 20.9. The van der Waals surface area contributed by atoms with Crippen molar-refractivity contribution in [2.45, 2.75) is 66.2 Å². The maximum absolute atomic E-state index is 2.46. The number of aryl methyl sites for hydroxylation is 2. The van der Waals surface area contributed by atoms with E-state index in [0.29, 0.717) is 0 Å². The van der Waals surface area contributed by atoms with Crippen molar-refractivity contribution < 1.29 is 0 Å². The van der Waals surface area contributed by atoms with E-state index in [2.05, 4.69) is 271 Å². The Kier molecular flexibility index (Phi) is 10.5. The molecule has 0 spiro atoms. The molecule has 0 aromatic heterocycles. The van der Waals surface area contributed by atoms with E-state index in [-0.39, 0.29) is 10.8 Å². The Labute approximate surface area is 402 Å². The molecular weight excluding hydrogens is 821 g/mol. The molecule has 10 aromatic rings. The molecule has 332 valence electrons. The molecule has 0 aliphatic heterocycles. The van der Waals surface area contributed by atoms with Crippen LogP contribution in [-0.4, -0.2) is 0 Å². The number of hydrogen-bond donors (Lipinski definition) is 0. The fourth-order valence-electron chi connectivity index (χ4n) is 10.1. The summed E-state index contributed by atoms with van der Waals surface area (Å²) in [5.74, 6) is 0. The lowest BCUT2D eigenvalue weighted by molar-refractivity contribution is 0.590. The molecule has 0 amide bonds. The highest BCUT2D eigenvalue weighted by molar-refractivity contribution is 6.12. The van der Waals surface area contributed by atoms with Gasteiger partial charge in [0.05, 0.1) is 0 Å². The summed E-state index contributed by atoms with van der Waals surface area (Å²) < 4.78 is 0. The fourth-order valence-corrected chi connectivity index (χ4v) is 10.1. The zero-order valence-corrected chi connectivity index (χ0v) is 40.5. The maximum atomic E-state index is 2.46. The van der Waals surface area contributed by atoms with Gasteiger partial charge in [-0.25, -0.2) is 0 Å². The van der Waals surface area contributed by atoms with Crippen LogP contribution in [0.3, 0.4) is 0 Å². The molecule has 0 fully saturated rings. The third-order valence-electron chi connectivity index (χ3n) is 14.1. The molecule has 0 saturated carbocycles. The normalized spacial score (nSPS) is 12.1. The van der Waals surface area contributed by atoms with Crippen LogP contribution in [0.1, 0.15) is 63.8 Å². The molecular formula is C66H58N2. The van der Waals surface area contributed by atoms with Gasteiger partial charge in [0.25, 0.3) is 0 Å². The molecule has 1 aliphatic carbocycles. The minimum atomic E-state index is 0.00971. The zero-order chi connectivity index (χ0) is 46.9. The van der Waals surface area contributed by atoms with Gasteiger partial charge in [-0.1, -0.05) is 163 Å². The van der Waals surface area contributed by atoms with Crippen LogP contribution >= 0.6 is 0 Å². The van der Waals surface area contributed by atoms with Crippen LogP contribution in [0.15, 0.2) is 206 Å². The van der Waals surface area contributed by atoms with Crippen LogP contribution in [0.4, 0.5) is 34.1 Å². The number of nitrogens with zero attached hydrogens (tertiary/aromatic N) is 2. The Morgan fingerprint density at radius 2 is 0.632 bits per heavy atom. The highest BCUT2D eigenvalue weighted by Gasteiger charge is 2.27. The molecule has 1 aliphatic rings. The van der Waals surface area contributed by atoms with E-state index >= 15 is 0 Å². The van der Waals surface area contributed by atoms with Gasteiger partial charge >= 0.3 is 0 Å². The average Bonchev–Trinajstić information content (AvgIpc) is 3.34. The van der Waals surface area contributed by atoms with E-state index in [4.69, 9.17) is 0 Å². The van der Waals surface area contributed by atoms with Crippen LogP contribution in [-0.2, 0) is 10.8 Å². The smallest absolute Gasteiger partial charge is 0.0493 e. The Bertz CT molecular complexity index is 3300. The number of benzene rings is 10. The van der Waals surface area contributed by atoms with Crippen LogP contribution in [0.5, 0.6) is 0 Å². The van der Waals surface area contributed by atoms with Gasteiger partial charge in [-0.15, -0.1) is 0 Å². The summed E-state index contributed by atoms with van der Waals surface area (Å²) in [7, 11) is 0. The first-order valence-corrected chi connectivity index (χ1v) is 24.1. The summed E-state index contributed by atoms with van der Waals surface area (Å²) in [6.07, 6.45) is 0. The van der Waals surface area contributed by atoms with E-state index in [1.165, 1.54) is 99.7 Å². The monoisotopic (exact) mass is 878 g/mol. The maximum Gasteiger partial charge on any atom is 0.0493 e. The predicted octanol–water partition coefficient (Wildman–Crippen LogP) is 19.1. The van der Waals surface area contributed by atoms with E-state index in [1.54, 1.807) is 0 Å². The van der Waals surface area contributed by atoms with E-state index < -0.39 is 0 Å². The van der Waals surface area contributed by atoms with Crippen molar-refractivity contribution in [1.29, 1.82) is 0 Å². The van der Waals surface area contributed by atoms with Crippen molar-refractivity contribution >= 4 is 55.7 Å². The van der Waals surface area contributed by atoms with E-state index in [0.717, 1.165) is 22.7 Å². The third kappa shape index (κ3) is 7.84. The van der Waals surface area contributed by atoms with Gasteiger partial charge in [-0.05, 0) is 198 Å². The first-order valence-electron chi connectivity index (χ1n) is 24.1. The predicted molar refractivity (Wildman–Crippen MR) is 293 cm³/mol. The van der Waals surface area contributed by atoms with Crippen molar-refractivity contribution in [3.8, 4) is 44.5 Å². The van der Waals surface area contributed by atoms with E-state index in [1.807, 2.05) is 0 Å². The molecule has 10 aromatic carbocycles. The molecule has 0 N–H and O–H groups in total. The molecule has 0 unspecified atom stereocenters. The molecule has 0 saturated heterocycles. The van der Waals surface area contributed by atoms with Gasteiger partial charge in [-0.3, -0.25) is 0 Å². The minimum Gasteiger partial charge on any atom is -0.310 e. The summed E-state index contributed by atoms with van der Waals surface area (Å²) in [6.45, 7) is 18.2. The Hall–Kier alpha value is -7.68. The van der Waals surface area contributed by atoms with Crippen LogP contribution in [0.25, 0.3) is 66.1 Å². The minimum absolute atomic E-state index is 0.00971. The largest absolute Gasteiger partial charge is 0.310 e. The fraction of sp³-hybridized carbons (Fsp3) is 0.152. The highest BCUT2D eigenvalue weighted by Crippen LogP contribution is 2.52. The lowest BCUT2D eigenvalue weighted by Gasteiger charge is -2.31. The second kappa shape index (κ2) is 16.6. The van der Waals surface area contributed by atoms with Gasteiger partial charge in [0.2, 0.25) is 0 Å². The Morgan fingerprint density at radius 1 is 0.279 bits per heavy atom. The lowest BCUT2D eigenvalue weighted by Crippen LogP contribution is -2.15. The van der Waals surface area contributed by atoms with Crippen molar-refractivity contribution in [1.82, 2.24) is 0 Å². The SMILES string of the molecule is Cc1ccc(C(C)(C)C)cc1N(c1cccc(-c2ccccc2)c1)c1ccc2cc3c(cc2c1)-c1cc2ccc(N(c4cccc(-c5ccccc5)c4)c4cc(C(C)(C)C)ccc4C)cc2cc1-3. The summed E-state index contributed by atoms with van der Waals surface area (Å²) in [5, 5.41) is 4.95. The van der Waals surface area contributed by atoms with E-state index in [9.17, 15) is 0 Å². The molecule has 11 rings (SSSR count). The summed E-state index contributed by atoms with van der Waals surface area (Å²) >= 11 is 0. The molecule has 0 bridgehead atoms. The number of fused-ring (bicyclic) bond motifs is 6. The van der Waals surface area contributed by atoms with Crippen molar-refractivity contribution in [2.24, 2.45) is 0 Å². The Balaban J connectivity index is 1.00. The van der Waals surface area contributed by atoms with Gasteiger partial charge in [-0.2, -0.15) is 0 Å². The van der Waals surface area contributed by atoms with Gasteiger partial charge in [0, 0.05) is 34.1 Å². The second-order valence-electron chi connectivity index (χ2n) is 20.9. The van der Waals surface area contributed by atoms with Crippen molar-refractivity contribution in [3.05, 3.63) is 229 Å². The summed E-state index contributed by atoms with van der Waals surface area (Å²) in [5.41, 5.74) is 22.2. The third-order valence-corrected chi connectivity index (χ3v) is 14.1. The zero-order valence-electron chi connectivity index (χ0n) is 40.5. The Morgan fingerprint density at radius 3 is 1.01 bits per heavy atom. The first-order chi connectivity index (χ1) is 32.8. The van der Waals surface area contributed by atoms with Crippen LogP contribution in [0.2, 0.25) is 0 Å². The first kappa shape index (κ1) is 42.9. The number of hydrogen-bond acceptors (Lipinski definition) is 2. The molecule has 2 heteroatoms. The number of rotatable bonds is 8. The van der Waals surface area contributed by atoms with Gasteiger partial charge < -0.3 is 9.80 Å². The molecule has 68 heavy (non-hydrogen) atoms.